The molecule has 0 spiro atoms. The van der Waals surface area contributed by atoms with Gasteiger partial charge in [0.15, 0.2) is 0 Å². The molecule has 4 rings (SSSR count). The van der Waals surface area contributed by atoms with Crippen LogP contribution in [0.4, 0.5) is 0 Å². The fourth-order valence-electron chi connectivity index (χ4n) is 5.22. The van der Waals surface area contributed by atoms with Crippen LogP contribution in [0, 0.1) is 11.8 Å². The van der Waals surface area contributed by atoms with Crippen molar-refractivity contribution in [2.75, 3.05) is 6.61 Å². The summed E-state index contributed by atoms with van der Waals surface area (Å²) in [6.45, 7) is 11.0. The number of benzene rings is 2. The molecule has 0 saturated carbocycles. The van der Waals surface area contributed by atoms with Crippen LogP contribution in [0.25, 0.3) is 0 Å². The monoisotopic (exact) mass is 452 g/mol. The average molecular weight is 453 g/mol. The molecule has 0 amide bonds. The molecule has 0 aliphatic carbocycles. The van der Waals surface area contributed by atoms with Gasteiger partial charge in [0.25, 0.3) is 0 Å². The first kappa shape index (κ1) is 23.6. The lowest BCUT2D eigenvalue weighted by molar-refractivity contribution is -0.188. The van der Waals surface area contributed by atoms with E-state index in [9.17, 15) is 9.90 Å². The zero-order valence-corrected chi connectivity index (χ0v) is 20.3. The molecule has 0 radical (unpaired) electrons. The number of carboxylic acid groups (broad SMARTS) is 1. The second kappa shape index (κ2) is 9.38. The van der Waals surface area contributed by atoms with Gasteiger partial charge in [0, 0.05) is 11.5 Å². The standard InChI is InChI=1S/C28H36O5/c1-6-31-20-11-7-18(8-12-20)9-13-24-22(27(29)30)16-23-26(32-24)21-15-19(17(2)3)10-14-25(21)33-28(23,4)5/h7-8,10-12,14-15,17,22-24,26H,6,9,13,16H2,1-5H3,(H,29,30)/t22-,23+,24+,26-/m1/s1. The van der Waals surface area contributed by atoms with Gasteiger partial charge in [0.1, 0.15) is 17.1 Å². The Kier molecular flexibility index (Phi) is 6.71. The normalized spacial score (nSPS) is 25.6. The summed E-state index contributed by atoms with van der Waals surface area (Å²) in [5.41, 5.74) is 2.96. The Labute approximate surface area is 197 Å². The van der Waals surface area contributed by atoms with Gasteiger partial charge in [0.05, 0.1) is 24.7 Å². The first-order valence-electron chi connectivity index (χ1n) is 12.1. The molecular formula is C28H36O5. The van der Waals surface area contributed by atoms with Gasteiger partial charge < -0.3 is 19.3 Å². The quantitative estimate of drug-likeness (QED) is 0.545. The number of hydrogen-bond acceptors (Lipinski definition) is 4. The highest BCUT2D eigenvalue weighted by Crippen LogP contribution is 2.52. The Morgan fingerprint density at radius 3 is 2.55 bits per heavy atom. The van der Waals surface area contributed by atoms with Crippen molar-refractivity contribution in [3.63, 3.8) is 0 Å². The van der Waals surface area contributed by atoms with E-state index < -0.39 is 17.5 Å². The van der Waals surface area contributed by atoms with Crippen molar-refractivity contribution in [2.45, 2.75) is 77.6 Å². The minimum Gasteiger partial charge on any atom is -0.494 e. The summed E-state index contributed by atoms with van der Waals surface area (Å²) in [5.74, 6) is 0.743. The molecular weight excluding hydrogens is 416 g/mol. The molecule has 0 aromatic heterocycles. The summed E-state index contributed by atoms with van der Waals surface area (Å²) in [6.07, 6.45) is 1.46. The molecule has 5 nitrogen and oxygen atoms in total. The topological polar surface area (TPSA) is 65.0 Å². The SMILES string of the molecule is CCOc1ccc(CC[C@@H]2O[C@@H]3c4cc(C(C)C)ccc4OC(C)(C)[C@H]3C[C@H]2C(=O)O)cc1. The molecule has 2 aromatic rings. The van der Waals surface area contributed by atoms with E-state index in [1.165, 1.54) is 5.56 Å². The summed E-state index contributed by atoms with van der Waals surface area (Å²) in [4.78, 5) is 12.2. The van der Waals surface area contributed by atoms with Gasteiger partial charge >= 0.3 is 5.97 Å². The van der Waals surface area contributed by atoms with Crippen LogP contribution < -0.4 is 9.47 Å². The molecule has 2 heterocycles. The van der Waals surface area contributed by atoms with E-state index in [1.54, 1.807) is 0 Å². The highest BCUT2D eigenvalue weighted by atomic mass is 16.5. The zero-order chi connectivity index (χ0) is 23.8. The summed E-state index contributed by atoms with van der Waals surface area (Å²) in [6, 6.07) is 14.4. The number of aliphatic carboxylic acids is 1. The molecule has 0 unspecified atom stereocenters. The fraction of sp³-hybridized carbons (Fsp3) is 0.536. The van der Waals surface area contributed by atoms with Crippen LogP contribution in [0.3, 0.4) is 0 Å². The molecule has 1 N–H and O–H groups in total. The van der Waals surface area contributed by atoms with Crippen LogP contribution >= 0.6 is 0 Å². The van der Waals surface area contributed by atoms with Crippen LogP contribution in [-0.2, 0) is 16.0 Å². The predicted molar refractivity (Wildman–Crippen MR) is 128 cm³/mol. The van der Waals surface area contributed by atoms with Crippen LogP contribution in [0.1, 0.15) is 76.2 Å². The Morgan fingerprint density at radius 2 is 1.91 bits per heavy atom. The van der Waals surface area contributed by atoms with Crippen molar-refractivity contribution in [1.82, 2.24) is 0 Å². The first-order valence-corrected chi connectivity index (χ1v) is 12.1. The van der Waals surface area contributed by atoms with E-state index in [2.05, 4.69) is 26.0 Å². The Bertz CT molecular complexity index is 978. The van der Waals surface area contributed by atoms with Gasteiger partial charge in [-0.25, -0.2) is 0 Å². The predicted octanol–water partition coefficient (Wildman–Crippen LogP) is 6.16. The van der Waals surface area contributed by atoms with Gasteiger partial charge in [-0.2, -0.15) is 0 Å². The number of fused-ring (bicyclic) bond motifs is 3. The molecule has 2 aliphatic heterocycles. The van der Waals surface area contributed by atoms with E-state index in [4.69, 9.17) is 14.2 Å². The van der Waals surface area contributed by atoms with E-state index in [0.717, 1.165) is 29.0 Å². The lowest BCUT2D eigenvalue weighted by Gasteiger charge is -2.50. The number of ether oxygens (including phenoxy) is 3. The summed E-state index contributed by atoms with van der Waals surface area (Å²) in [5, 5.41) is 10.0. The van der Waals surface area contributed by atoms with Crippen molar-refractivity contribution in [2.24, 2.45) is 11.8 Å². The lowest BCUT2D eigenvalue weighted by Crippen LogP contribution is -2.52. The molecule has 2 aromatic carbocycles. The zero-order valence-electron chi connectivity index (χ0n) is 20.3. The van der Waals surface area contributed by atoms with Crippen molar-refractivity contribution >= 4 is 5.97 Å². The first-order chi connectivity index (χ1) is 15.7. The summed E-state index contributed by atoms with van der Waals surface area (Å²) in [7, 11) is 0. The maximum atomic E-state index is 12.2. The van der Waals surface area contributed by atoms with Crippen LogP contribution in [0.5, 0.6) is 11.5 Å². The highest BCUT2D eigenvalue weighted by molar-refractivity contribution is 5.71. The maximum Gasteiger partial charge on any atom is 0.309 e. The van der Waals surface area contributed by atoms with Crippen LogP contribution in [0.15, 0.2) is 42.5 Å². The van der Waals surface area contributed by atoms with E-state index in [1.807, 2.05) is 51.1 Å². The lowest BCUT2D eigenvalue weighted by atomic mass is 9.71. The van der Waals surface area contributed by atoms with E-state index in [-0.39, 0.29) is 18.1 Å². The third-order valence-electron chi connectivity index (χ3n) is 7.19. The average Bonchev–Trinajstić information content (AvgIpc) is 2.77. The minimum atomic E-state index is -0.789. The van der Waals surface area contributed by atoms with Crippen molar-refractivity contribution in [1.29, 1.82) is 0 Å². The van der Waals surface area contributed by atoms with Gasteiger partial charge in [-0.05, 0) is 81.3 Å². The Balaban J connectivity index is 1.59. The Morgan fingerprint density at radius 1 is 1.18 bits per heavy atom. The van der Waals surface area contributed by atoms with Gasteiger partial charge in [-0.15, -0.1) is 0 Å². The van der Waals surface area contributed by atoms with Crippen molar-refractivity contribution in [3.05, 3.63) is 59.2 Å². The maximum absolute atomic E-state index is 12.2. The number of rotatable bonds is 7. The molecule has 33 heavy (non-hydrogen) atoms. The molecule has 5 heteroatoms. The summed E-state index contributed by atoms with van der Waals surface area (Å²) >= 11 is 0. The third kappa shape index (κ3) is 4.89. The van der Waals surface area contributed by atoms with Crippen molar-refractivity contribution in [3.8, 4) is 11.5 Å². The largest absolute Gasteiger partial charge is 0.494 e. The van der Waals surface area contributed by atoms with Crippen LogP contribution in [0.2, 0.25) is 0 Å². The van der Waals surface area contributed by atoms with Crippen molar-refractivity contribution < 1.29 is 24.1 Å². The molecule has 2 aliphatic rings. The van der Waals surface area contributed by atoms with E-state index >= 15 is 0 Å². The number of carbonyl (C=O) groups is 1. The molecule has 0 bridgehead atoms. The molecule has 178 valence electrons. The fourth-order valence-corrected chi connectivity index (χ4v) is 5.22. The number of hydrogen-bond donors (Lipinski definition) is 1. The minimum absolute atomic E-state index is 0.0183. The number of aryl methyl sites for hydroxylation is 1. The van der Waals surface area contributed by atoms with E-state index in [0.29, 0.717) is 25.4 Å². The smallest absolute Gasteiger partial charge is 0.309 e. The molecule has 1 saturated heterocycles. The second-order valence-electron chi connectivity index (χ2n) is 10.2. The Hall–Kier alpha value is -2.53. The van der Waals surface area contributed by atoms with Gasteiger partial charge in [0.2, 0.25) is 0 Å². The van der Waals surface area contributed by atoms with Crippen LogP contribution in [-0.4, -0.2) is 29.4 Å². The summed E-state index contributed by atoms with van der Waals surface area (Å²) < 4.78 is 18.5. The molecule has 4 atom stereocenters. The number of carboxylic acids is 1. The van der Waals surface area contributed by atoms with Gasteiger partial charge in [-0.3, -0.25) is 4.79 Å². The third-order valence-corrected chi connectivity index (χ3v) is 7.19. The highest BCUT2D eigenvalue weighted by Gasteiger charge is 2.52. The van der Waals surface area contributed by atoms with Gasteiger partial charge in [-0.1, -0.05) is 32.0 Å². The molecule has 1 fully saturated rings. The second-order valence-corrected chi connectivity index (χ2v) is 10.2.